The van der Waals surface area contributed by atoms with Crippen LogP contribution >= 0.6 is 0 Å². The third-order valence-electron chi connectivity index (χ3n) is 3.75. The fourth-order valence-electron chi connectivity index (χ4n) is 2.17. The standard InChI is InChI=1S/C13H18F2N2O2S/c1-8-3-10(8)7-17(2)20(18,19)12-5-9(6-16)4-11(14)13(12)15/h4-5,8,10H,3,6-7,16H2,1-2H3. The van der Waals surface area contributed by atoms with Gasteiger partial charge >= 0.3 is 0 Å². The number of rotatable bonds is 5. The zero-order valence-electron chi connectivity index (χ0n) is 11.4. The molecule has 0 saturated heterocycles. The van der Waals surface area contributed by atoms with Gasteiger partial charge in [0.1, 0.15) is 4.90 Å². The van der Waals surface area contributed by atoms with Gasteiger partial charge in [-0.15, -0.1) is 0 Å². The van der Waals surface area contributed by atoms with Crippen LogP contribution in [-0.2, 0) is 16.6 Å². The molecule has 2 atom stereocenters. The van der Waals surface area contributed by atoms with E-state index in [2.05, 4.69) is 0 Å². The summed E-state index contributed by atoms with van der Waals surface area (Å²) in [5, 5.41) is 0. The summed E-state index contributed by atoms with van der Waals surface area (Å²) >= 11 is 0. The molecule has 7 heteroatoms. The quantitative estimate of drug-likeness (QED) is 0.900. The predicted octanol–water partition coefficient (Wildman–Crippen LogP) is 1.70. The predicted molar refractivity (Wildman–Crippen MR) is 71.3 cm³/mol. The van der Waals surface area contributed by atoms with Crippen molar-refractivity contribution in [3.8, 4) is 0 Å². The van der Waals surface area contributed by atoms with E-state index in [1.165, 1.54) is 7.05 Å². The van der Waals surface area contributed by atoms with E-state index < -0.39 is 26.6 Å². The van der Waals surface area contributed by atoms with Crippen LogP contribution in [0.25, 0.3) is 0 Å². The van der Waals surface area contributed by atoms with E-state index in [0.717, 1.165) is 22.9 Å². The molecule has 0 radical (unpaired) electrons. The van der Waals surface area contributed by atoms with Gasteiger partial charge in [-0.3, -0.25) is 0 Å². The van der Waals surface area contributed by atoms with Gasteiger partial charge in [0.25, 0.3) is 0 Å². The molecule has 1 aromatic carbocycles. The highest BCUT2D eigenvalue weighted by Crippen LogP contribution is 2.39. The summed E-state index contributed by atoms with van der Waals surface area (Å²) in [6, 6.07) is 2.01. The summed E-state index contributed by atoms with van der Waals surface area (Å²) in [6.45, 7) is 2.29. The maximum absolute atomic E-state index is 13.8. The molecule has 0 aromatic heterocycles. The zero-order chi connectivity index (χ0) is 15.1. The molecule has 0 heterocycles. The van der Waals surface area contributed by atoms with E-state index in [0.29, 0.717) is 18.4 Å². The number of hydrogen-bond acceptors (Lipinski definition) is 3. The Bertz CT molecular complexity index is 619. The Hall–Kier alpha value is -1.05. The number of nitrogens with two attached hydrogens (primary N) is 1. The SMILES string of the molecule is CC1CC1CN(C)S(=O)(=O)c1cc(CN)cc(F)c1F. The molecular formula is C13H18F2N2O2S. The molecule has 1 aromatic rings. The van der Waals surface area contributed by atoms with Crippen molar-refractivity contribution in [3.63, 3.8) is 0 Å². The third kappa shape index (κ3) is 2.84. The minimum Gasteiger partial charge on any atom is -0.326 e. The van der Waals surface area contributed by atoms with E-state index in [-0.39, 0.29) is 12.1 Å². The molecule has 1 saturated carbocycles. The third-order valence-corrected chi connectivity index (χ3v) is 5.57. The Morgan fingerprint density at radius 2 is 2.00 bits per heavy atom. The molecule has 0 spiro atoms. The van der Waals surface area contributed by atoms with Crippen molar-refractivity contribution in [1.29, 1.82) is 0 Å². The summed E-state index contributed by atoms with van der Waals surface area (Å²) in [5.41, 5.74) is 5.61. The molecule has 2 N–H and O–H groups in total. The van der Waals surface area contributed by atoms with Crippen molar-refractivity contribution in [2.45, 2.75) is 24.8 Å². The van der Waals surface area contributed by atoms with Crippen LogP contribution in [0, 0.1) is 23.5 Å². The summed E-state index contributed by atoms with van der Waals surface area (Å²) in [7, 11) is -2.66. The Balaban J connectivity index is 2.35. The first-order valence-electron chi connectivity index (χ1n) is 6.41. The highest BCUT2D eigenvalue weighted by Gasteiger charge is 2.37. The van der Waals surface area contributed by atoms with Crippen molar-refractivity contribution >= 4 is 10.0 Å². The van der Waals surface area contributed by atoms with Crippen molar-refractivity contribution in [3.05, 3.63) is 29.3 Å². The molecule has 0 aliphatic heterocycles. The van der Waals surface area contributed by atoms with Gasteiger partial charge in [-0.05, 0) is 36.0 Å². The number of benzene rings is 1. The lowest BCUT2D eigenvalue weighted by Gasteiger charge is -2.18. The lowest BCUT2D eigenvalue weighted by atomic mass is 10.2. The van der Waals surface area contributed by atoms with E-state index in [1.807, 2.05) is 6.92 Å². The minimum atomic E-state index is -4.04. The maximum atomic E-state index is 13.8. The molecule has 1 aliphatic rings. The first-order chi connectivity index (χ1) is 9.27. The Labute approximate surface area is 117 Å². The average Bonchev–Trinajstić information content (AvgIpc) is 3.07. The molecule has 0 bridgehead atoms. The molecule has 20 heavy (non-hydrogen) atoms. The van der Waals surface area contributed by atoms with Crippen LogP contribution in [-0.4, -0.2) is 26.3 Å². The van der Waals surface area contributed by atoms with E-state index >= 15 is 0 Å². The van der Waals surface area contributed by atoms with E-state index in [9.17, 15) is 17.2 Å². The van der Waals surface area contributed by atoms with Crippen molar-refractivity contribution < 1.29 is 17.2 Å². The largest absolute Gasteiger partial charge is 0.326 e. The van der Waals surface area contributed by atoms with Gasteiger partial charge in [0.05, 0.1) is 0 Å². The smallest absolute Gasteiger partial charge is 0.245 e. The molecule has 2 rings (SSSR count). The Kier molecular flexibility index (Phi) is 4.13. The van der Waals surface area contributed by atoms with Crippen LogP contribution < -0.4 is 5.73 Å². The van der Waals surface area contributed by atoms with Crippen LogP contribution in [0.5, 0.6) is 0 Å². The minimum absolute atomic E-state index is 0.0525. The molecule has 1 fully saturated rings. The highest BCUT2D eigenvalue weighted by molar-refractivity contribution is 7.89. The summed E-state index contributed by atoms with van der Waals surface area (Å²) in [6.07, 6.45) is 0.958. The molecule has 2 unspecified atom stereocenters. The van der Waals surface area contributed by atoms with Crippen LogP contribution in [0.2, 0.25) is 0 Å². The van der Waals surface area contributed by atoms with Gasteiger partial charge in [0.15, 0.2) is 11.6 Å². The van der Waals surface area contributed by atoms with E-state index in [4.69, 9.17) is 5.73 Å². The van der Waals surface area contributed by atoms with Crippen LogP contribution in [0.4, 0.5) is 8.78 Å². The lowest BCUT2D eigenvalue weighted by Crippen LogP contribution is -2.30. The Morgan fingerprint density at radius 1 is 1.40 bits per heavy atom. The van der Waals surface area contributed by atoms with E-state index in [1.54, 1.807) is 0 Å². The normalized spacial score (nSPS) is 22.3. The Morgan fingerprint density at radius 3 is 2.50 bits per heavy atom. The van der Waals surface area contributed by atoms with Gasteiger partial charge in [-0.2, -0.15) is 0 Å². The summed E-state index contributed by atoms with van der Waals surface area (Å²) in [5.74, 6) is -1.78. The second kappa shape index (κ2) is 5.38. The van der Waals surface area contributed by atoms with Crippen molar-refractivity contribution in [2.75, 3.05) is 13.6 Å². The molecular weight excluding hydrogens is 286 g/mol. The van der Waals surface area contributed by atoms with Gasteiger partial charge in [0, 0.05) is 20.1 Å². The summed E-state index contributed by atoms with van der Waals surface area (Å²) in [4.78, 5) is -0.645. The van der Waals surface area contributed by atoms with Crippen LogP contribution in [0.15, 0.2) is 17.0 Å². The van der Waals surface area contributed by atoms with Crippen molar-refractivity contribution in [2.24, 2.45) is 17.6 Å². The monoisotopic (exact) mass is 304 g/mol. The molecule has 112 valence electrons. The van der Waals surface area contributed by atoms with Crippen LogP contribution in [0.3, 0.4) is 0 Å². The second-order valence-electron chi connectivity index (χ2n) is 5.35. The van der Waals surface area contributed by atoms with Gasteiger partial charge in [0.2, 0.25) is 10.0 Å². The first kappa shape index (κ1) is 15.3. The average molecular weight is 304 g/mol. The first-order valence-corrected chi connectivity index (χ1v) is 7.85. The number of sulfonamides is 1. The number of nitrogens with zero attached hydrogens (tertiary/aromatic N) is 1. The molecule has 0 amide bonds. The van der Waals surface area contributed by atoms with Gasteiger partial charge in [-0.25, -0.2) is 21.5 Å². The second-order valence-corrected chi connectivity index (χ2v) is 7.37. The zero-order valence-corrected chi connectivity index (χ0v) is 12.3. The number of halogens is 2. The fraction of sp³-hybridized carbons (Fsp3) is 0.538. The maximum Gasteiger partial charge on any atom is 0.245 e. The number of hydrogen-bond donors (Lipinski definition) is 1. The fourth-order valence-corrected chi connectivity index (χ4v) is 3.52. The van der Waals surface area contributed by atoms with Gasteiger partial charge < -0.3 is 5.73 Å². The lowest BCUT2D eigenvalue weighted by molar-refractivity contribution is 0.432. The topological polar surface area (TPSA) is 63.4 Å². The van der Waals surface area contributed by atoms with Crippen LogP contribution in [0.1, 0.15) is 18.9 Å². The van der Waals surface area contributed by atoms with Crippen molar-refractivity contribution in [1.82, 2.24) is 4.31 Å². The highest BCUT2D eigenvalue weighted by atomic mass is 32.2. The molecule has 1 aliphatic carbocycles. The van der Waals surface area contributed by atoms with Gasteiger partial charge in [-0.1, -0.05) is 6.92 Å². The summed E-state index contributed by atoms with van der Waals surface area (Å²) < 4.78 is 53.0. The molecule has 4 nitrogen and oxygen atoms in total.